The second kappa shape index (κ2) is 7.69. The van der Waals surface area contributed by atoms with Crippen molar-refractivity contribution in [3.05, 3.63) is 65.6 Å². The fraction of sp³-hybridized carbons (Fsp3) is 0.158. The molecule has 0 radical (unpaired) electrons. The summed E-state index contributed by atoms with van der Waals surface area (Å²) >= 11 is 6.06. The Hall–Kier alpha value is -3.39. The standard InChI is InChI=1S/C19H17ClN6O2/c1-28-18-4-2-3-16-14(18)7-9-25(16)10-8-21-19(27)15-6-5-13(20)11-17(15)26-12-22-23-24-26/h2-7,9,11-12H,8,10H2,1H3,(H,21,27). The minimum Gasteiger partial charge on any atom is -0.496 e. The summed E-state index contributed by atoms with van der Waals surface area (Å²) in [6, 6.07) is 12.9. The SMILES string of the molecule is COc1cccc2c1ccn2CCNC(=O)c1ccc(Cl)cc1-n1cnnn1. The Morgan fingerprint density at radius 1 is 1.25 bits per heavy atom. The molecule has 4 aromatic rings. The van der Waals surface area contributed by atoms with Crippen LogP contribution in [0.1, 0.15) is 10.4 Å². The first-order chi connectivity index (χ1) is 13.7. The van der Waals surface area contributed by atoms with Crippen molar-refractivity contribution in [3.8, 4) is 11.4 Å². The number of amides is 1. The Balaban J connectivity index is 1.49. The van der Waals surface area contributed by atoms with Crippen LogP contribution in [0, 0.1) is 0 Å². The Morgan fingerprint density at radius 2 is 2.14 bits per heavy atom. The van der Waals surface area contributed by atoms with Crippen molar-refractivity contribution in [1.82, 2.24) is 30.1 Å². The number of hydrogen-bond acceptors (Lipinski definition) is 5. The summed E-state index contributed by atoms with van der Waals surface area (Å²) in [4.78, 5) is 12.7. The number of carbonyl (C=O) groups excluding carboxylic acids is 1. The zero-order valence-electron chi connectivity index (χ0n) is 15.0. The predicted octanol–water partition coefficient (Wildman–Crippen LogP) is 2.71. The number of ether oxygens (including phenoxy) is 1. The topological polar surface area (TPSA) is 86.9 Å². The molecule has 0 atom stereocenters. The molecule has 0 saturated carbocycles. The van der Waals surface area contributed by atoms with E-state index in [4.69, 9.17) is 16.3 Å². The quantitative estimate of drug-likeness (QED) is 0.541. The molecule has 0 bridgehead atoms. The molecule has 0 unspecified atom stereocenters. The van der Waals surface area contributed by atoms with Crippen LogP contribution >= 0.6 is 11.6 Å². The second-order valence-corrected chi connectivity index (χ2v) is 6.51. The lowest BCUT2D eigenvalue weighted by atomic mass is 10.1. The van der Waals surface area contributed by atoms with E-state index in [-0.39, 0.29) is 5.91 Å². The number of nitrogens with zero attached hydrogens (tertiary/aromatic N) is 5. The van der Waals surface area contributed by atoms with E-state index in [9.17, 15) is 4.79 Å². The molecular weight excluding hydrogens is 380 g/mol. The lowest BCUT2D eigenvalue weighted by molar-refractivity contribution is 0.0952. The van der Waals surface area contributed by atoms with Gasteiger partial charge in [0, 0.05) is 29.7 Å². The van der Waals surface area contributed by atoms with Crippen LogP contribution in [0.5, 0.6) is 5.75 Å². The van der Waals surface area contributed by atoms with Crippen molar-refractivity contribution >= 4 is 28.4 Å². The third-order valence-corrected chi connectivity index (χ3v) is 4.67. The molecule has 2 aromatic carbocycles. The molecule has 2 heterocycles. The highest BCUT2D eigenvalue weighted by atomic mass is 35.5. The van der Waals surface area contributed by atoms with E-state index >= 15 is 0 Å². The van der Waals surface area contributed by atoms with Crippen LogP contribution in [0.3, 0.4) is 0 Å². The average Bonchev–Trinajstić information content (AvgIpc) is 3.38. The Labute approximate surface area is 165 Å². The largest absolute Gasteiger partial charge is 0.496 e. The molecule has 0 saturated heterocycles. The van der Waals surface area contributed by atoms with Gasteiger partial charge in [-0.3, -0.25) is 4.79 Å². The lowest BCUT2D eigenvalue weighted by Gasteiger charge is -2.11. The van der Waals surface area contributed by atoms with Gasteiger partial charge in [0.05, 0.1) is 23.9 Å². The molecular formula is C19H17ClN6O2. The number of benzene rings is 2. The Bertz CT molecular complexity index is 1120. The van der Waals surface area contributed by atoms with Crippen LogP contribution in [-0.4, -0.2) is 44.3 Å². The van der Waals surface area contributed by atoms with Crippen molar-refractivity contribution in [2.24, 2.45) is 0 Å². The first-order valence-electron chi connectivity index (χ1n) is 8.60. The van der Waals surface area contributed by atoms with Gasteiger partial charge in [-0.15, -0.1) is 5.10 Å². The highest BCUT2D eigenvalue weighted by Crippen LogP contribution is 2.26. The molecule has 0 aliphatic heterocycles. The molecule has 142 valence electrons. The fourth-order valence-corrected chi connectivity index (χ4v) is 3.28. The molecule has 28 heavy (non-hydrogen) atoms. The van der Waals surface area contributed by atoms with E-state index in [0.717, 1.165) is 16.7 Å². The van der Waals surface area contributed by atoms with Crippen LogP contribution in [0.15, 0.2) is 55.0 Å². The highest BCUT2D eigenvalue weighted by Gasteiger charge is 2.14. The van der Waals surface area contributed by atoms with Crippen molar-refractivity contribution in [2.75, 3.05) is 13.7 Å². The van der Waals surface area contributed by atoms with E-state index in [1.54, 1.807) is 25.3 Å². The minimum atomic E-state index is -0.226. The lowest BCUT2D eigenvalue weighted by Crippen LogP contribution is -2.28. The van der Waals surface area contributed by atoms with Gasteiger partial charge in [-0.05, 0) is 46.8 Å². The van der Waals surface area contributed by atoms with Gasteiger partial charge >= 0.3 is 0 Å². The maximum Gasteiger partial charge on any atom is 0.253 e. The first-order valence-corrected chi connectivity index (χ1v) is 8.98. The van der Waals surface area contributed by atoms with E-state index in [1.807, 2.05) is 30.5 Å². The van der Waals surface area contributed by atoms with Gasteiger partial charge in [-0.2, -0.15) is 4.68 Å². The van der Waals surface area contributed by atoms with E-state index in [0.29, 0.717) is 29.4 Å². The van der Waals surface area contributed by atoms with Gasteiger partial charge in [0.1, 0.15) is 12.1 Å². The molecule has 4 rings (SSSR count). The maximum absolute atomic E-state index is 12.7. The maximum atomic E-state index is 12.7. The smallest absolute Gasteiger partial charge is 0.253 e. The first kappa shape index (κ1) is 18.0. The number of aromatic nitrogens is 5. The fourth-order valence-electron chi connectivity index (χ4n) is 3.11. The number of fused-ring (bicyclic) bond motifs is 1. The highest BCUT2D eigenvalue weighted by molar-refractivity contribution is 6.31. The number of hydrogen-bond donors (Lipinski definition) is 1. The van der Waals surface area contributed by atoms with Crippen molar-refractivity contribution in [2.45, 2.75) is 6.54 Å². The minimum absolute atomic E-state index is 0.226. The molecule has 1 N–H and O–H groups in total. The molecule has 2 aromatic heterocycles. The van der Waals surface area contributed by atoms with Gasteiger partial charge in [-0.1, -0.05) is 17.7 Å². The number of halogens is 1. The normalized spacial score (nSPS) is 10.9. The Kier molecular flexibility index (Phi) is 4.94. The van der Waals surface area contributed by atoms with Gasteiger partial charge < -0.3 is 14.6 Å². The number of carbonyl (C=O) groups is 1. The summed E-state index contributed by atoms with van der Waals surface area (Å²) in [5, 5.41) is 15.5. The van der Waals surface area contributed by atoms with Crippen molar-refractivity contribution < 1.29 is 9.53 Å². The molecule has 8 nitrogen and oxygen atoms in total. The molecule has 0 aliphatic rings. The van der Waals surface area contributed by atoms with Gasteiger partial charge in [-0.25, -0.2) is 0 Å². The number of tetrazole rings is 1. The van der Waals surface area contributed by atoms with E-state index in [1.165, 1.54) is 11.0 Å². The molecule has 0 fully saturated rings. The van der Waals surface area contributed by atoms with Gasteiger partial charge in [0.2, 0.25) is 0 Å². The molecule has 1 amide bonds. The number of nitrogens with one attached hydrogen (secondary N) is 1. The Morgan fingerprint density at radius 3 is 2.93 bits per heavy atom. The molecule has 0 aliphatic carbocycles. The molecule has 0 spiro atoms. The summed E-state index contributed by atoms with van der Waals surface area (Å²) < 4.78 is 8.87. The second-order valence-electron chi connectivity index (χ2n) is 6.07. The summed E-state index contributed by atoms with van der Waals surface area (Å²) in [7, 11) is 1.65. The van der Waals surface area contributed by atoms with Crippen LogP contribution in [0.25, 0.3) is 16.6 Å². The third kappa shape index (κ3) is 3.41. The van der Waals surface area contributed by atoms with Crippen LogP contribution in [0.4, 0.5) is 0 Å². The zero-order chi connectivity index (χ0) is 19.5. The molecule has 9 heteroatoms. The summed E-state index contributed by atoms with van der Waals surface area (Å²) in [5.41, 5.74) is 2.01. The predicted molar refractivity (Wildman–Crippen MR) is 105 cm³/mol. The van der Waals surface area contributed by atoms with E-state index in [2.05, 4.69) is 25.4 Å². The van der Waals surface area contributed by atoms with Crippen LogP contribution in [-0.2, 0) is 6.54 Å². The summed E-state index contributed by atoms with van der Waals surface area (Å²) in [5.74, 6) is 0.601. The average molecular weight is 397 g/mol. The van der Waals surface area contributed by atoms with Gasteiger partial charge in [0.15, 0.2) is 0 Å². The van der Waals surface area contributed by atoms with Gasteiger partial charge in [0.25, 0.3) is 5.91 Å². The third-order valence-electron chi connectivity index (χ3n) is 4.43. The zero-order valence-corrected chi connectivity index (χ0v) is 15.8. The van der Waals surface area contributed by atoms with Crippen molar-refractivity contribution in [1.29, 1.82) is 0 Å². The number of methoxy groups -OCH3 is 1. The van der Waals surface area contributed by atoms with Crippen LogP contribution in [0.2, 0.25) is 5.02 Å². The van der Waals surface area contributed by atoms with E-state index < -0.39 is 0 Å². The van der Waals surface area contributed by atoms with Crippen LogP contribution < -0.4 is 10.1 Å². The summed E-state index contributed by atoms with van der Waals surface area (Å²) in [6.45, 7) is 1.08. The van der Waals surface area contributed by atoms with Crippen molar-refractivity contribution in [3.63, 3.8) is 0 Å². The monoisotopic (exact) mass is 396 g/mol. The summed E-state index contributed by atoms with van der Waals surface area (Å²) in [6.07, 6.45) is 3.40. The number of rotatable bonds is 6.